The highest BCUT2D eigenvalue weighted by molar-refractivity contribution is 9.10. The number of aromatic amines is 1. The SMILES string of the molecule is O=S(=O)(Nc1c(F)cc(F)cc1Br)c1cnc[nH]1. The molecular weight excluding hydrogens is 332 g/mol. The van der Waals surface area contributed by atoms with E-state index in [-0.39, 0.29) is 15.2 Å². The third-order valence-corrected chi connectivity index (χ3v) is 3.91. The monoisotopic (exact) mass is 337 g/mol. The second-order valence-corrected chi connectivity index (χ2v) is 5.77. The molecule has 0 atom stereocenters. The summed E-state index contributed by atoms with van der Waals surface area (Å²) in [5, 5.41) is -0.224. The van der Waals surface area contributed by atoms with Gasteiger partial charge in [-0.1, -0.05) is 0 Å². The fourth-order valence-corrected chi connectivity index (χ4v) is 2.85. The predicted octanol–water partition coefficient (Wildman–Crippen LogP) is 2.25. The minimum atomic E-state index is -3.99. The number of aromatic nitrogens is 2. The van der Waals surface area contributed by atoms with Crippen LogP contribution in [0, 0.1) is 11.6 Å². The molecular formula is C9H6BrF2N3O2S. The topological polar surface area (TPSA) is 74.8 Å². The highest BCUT2D eigenvalue weighted by atomic mass is 79.9. The van der Waals surface area contributed by atoms with Crippen molar-refractivity contribution in [1.29, 1.82) is 0 Å². The van der Waals surface area contributed by atoms with Crippen LogP contribution in [0.4, 0.5) is 14.5 Å². The molecule has 0 radical (unpaired) electrons. The Kier molecular flexibility index (Phi) is 3.35. The summed E-state index contributed by atoms with van der Waals surface area (Å²) in [6.07, 6.45) is 2.24. The van der Waals surface area contributed by atoms with Gasteiger partial charge in [0.2, 0.25) is 0 Å². The van der Waals surface area contributed by atoms with Crippen molar-refractivity contribution in [1.82, 2.24) is 9.97 Å². The summed E-state index contributed by atoms with van der Waals surface area (Å²) in [4.78, 5) is 5.92. The van der Waals surface area contributed by atoms with E-state index in [0.29, 0.717) is 6.07 Å². The van der Waals surface area contributed by atoms with E-state index in [0.717, 1.165) is 12.3 Å². The zero-order valence-electron chi connectivity index (χ0n) is 8.62. The van der Waals surface area contributed by atoms with E-state index < -0.39 is 21.7 Å². The fourth-order valence-electron chi connectivity index (χ4n) is 1.22. The first kappa shape index (κ1) is 13.0. The molecule has 1 aromatic carbocycles. The van der Waals surface area contributed by atoms with Crippen LogP contribution >= 0.6 is 15.9 Å². The quantitative estimate of drug-likeness (QED) is 0.901. The van der Waals surface area contributed by atoms with Crippen LogP contribution in [0.15, 0.2) is 34.2 Å². The first-order chi connectivity index (χ1) is 8.40. The van der Waals surface area contributed by atoms with E-state index >= 15 is 0 Å². The Labute approximate surface area is 109 Å². The van der Waals surface area contributed by atoms with Crippen molar-refractivity contribution in [2.75, 3.05) is 4.72 Å². The van der Waals surface area contributed by atoms with Crippen molar-refractivity contribution < 1.29 is 17.2 Å². The molecule has 2 aromatic rings. The Morgan fingerprint density at radius 1 is 1.33 bits per heavy atom. The van der Waals surface area contributed by atoms with Crippen LogP contribution in [-0.4, -0.2) is 18.4 Å². The molecule has 0 aliphatic rings. The number of H-pyrrole nitrogens is 1. The van der Waals surface area contributed by atoms with Gasteiger partial charge in [0.05, 0.1) is 18.2 Å². The Morgan fingerprint density at radius 2 is 2.06 bits per heavy atom. The summed E-state index contributed by atoms with van der Waals surface area (Å²) in [5.74, 6) is -1.84. The van der Waals surface area contributed by atoms with E-state index in [1.54, 1.807) is 0 Å². The zero-order valence-corrected chi connectivity index (χ0v) is 11.0. The number of hydrogen-bond donors (Lipinski definition) is 2. The molecule has 0 spiro atoms. The smallest absolute Gasteiger partial charge is 0.279 e. The minimum absolute atomic E-state index is 0.0388. The van der Waals surface area contributed by atoms with Crippen molar-refractivity contribution >= 4 is 31.6 Å². The Balaban J connectivity index is 2.42. The molecule has 5 nitrogen and oxygen atoms in total. The normalized spacial score (nSPS) is 11.5. The number of hydrogen-bond acceptors (Lipinski definition) is 3. The van der Waals surface area contributed by atoms with E-state index in [1.807, 2.05) is 4.72 Å². The molecule has 0 unspecified atom stereocenters. The van der Waals surface area contributed by atoms with E-state index in [4.69, 9.17) is 0 Å². The Bertz CT molecular complexity index is 650. The van der Waals surface area contributed by atoms with Crippen LogP contribution in [0.3, 0.4) is 0 Å². The van der Waals surface area contributed by atoms with Gasteiger partial charge in [-0.3, -0.25) is 4.72 Å². The summed E-state index contributed by atoms with van der Waals surface area (Å²) in [6, 6.07) is 1.53. The van der Waals surface area contributed by atoms with Crippen molar-refractivity contribution in [3.8, 4) is 0 Å². The van der Waals surface area contributed by atoms with Crippen molar-refractivity contribution in [2.45, 2.75) is 5.03 Å². The largest absolute Gasteiger partial charge is 0.334 e. The van der Waals surface area contributed by atoms with Crippen LogP contribution < -0.4 is 4.72 Å². The van der Waals surface area contributed by atoms with Gasteiger partial charge in [-0.25, -0.2) is 13.8 Å². The average molecular weight is 338 g/mol. The predicted molar refractivity (Wildman–Crippen MR) is 63.5 cm³/mol. The highest BCUT2D eigenvalue weighted by Gasteiger charge is 2.20. The lowest BCUT2D eigenvalue weighted by atomic mass is 10.3. The van der Waals surface area contributed by atoms with E-state index in [9.17, 15) is 17.2 Å². The molecule has 0 saturated carbocycles. The van der Waals surface area contributed by atoms with Crippen molar-refractivity contribution in [3.63, 3.8) is 0 Å². The molecule has 0 saturated heterocycles. The minimum Gasteiger partial charge on any atom is -0.334 e. The molecule has 0 aliphatic heterocycles. The number of imidazole rings is 1. The summed E-state index contributed by atoms with van der Waals surface area (Å²) < 4.78 is 51.8. The third kappa shape index (κ3) is 2.51. The van der Waals surface area contributed by atoms with E-state index in [1.165, 1.54) is 6.33 Å². The van der Waals surface area contributed by atoms with Gasteiger partial charge in [-0.2, -0.15) is 8.42 Å². The third-order valence-electron chi connectivity index (χ3n) is 2.01. The van der Waals surface area contributed by atoms with Crippen LogP contribution in [0.2, 0.25) is 0 Å². The maximum atomic E-state index is 13.5. The second kappa shape index (κ2) is 4.65. The van der Waals surface area contributed by atoms with Crippen LogP contribution in [0.1, 0.15) is 0 Å². The lowest BCUT2D eigenvalue weighted by Gasteiger charge is -2.09. The maximum Gasteiger partial charge on any atom is 0.279 e. The van der Waals surface area contributed by atoms with Gasteiger partial charge >= 0.3 is 0 Å². The van der Waals surface area contributed by atoms with Crippen LogP contribution in [-0.2, 0) is 10.0 Å². The first-order valence-corrected chi connectivity index (χ1v) is 6.83. The maximum absolute atomic E-state index is 13.5. The molecule has 0 amide bonds. The number of halogens is 3. The van der Waals surface area contributed by atoms with Crippen molar-refractivity contribution in [3.05, 3.63) is 40.8 Å². The van der Waals surface area contributed by atoms with Gasteiger partial charge in [0, 0.05) is 10.5 Å². The van der Waals surface area contributed by atoms with Crippen LogP contribution in [0.25, 0.3) is 0 Å². The van der Waals surface area contributed by atoms with Gasteiger partial charge in [0.15, 0.2) is 10.8 Å². The number of nitrogens with one attached hydrogen (secondary N) is 2. The molecule has 1 aromatic heterocycles. The molecule has 2 rings (SSSR count). The van der Waals surface area contributed by atoms with Gasteiger partial charge in [-0.05, 0) is 22.0 Å². The highest BCUT2D eigenvalue weighted by Crippen LogP contribution is 2.28. The van der Waals surface area contributed by atoms with Crippen molar-refractivity contribution in [2.24, 2.45) is 0 Å². The Hall–Kier alpha value is -1.48. The number of rotatable bonds is 3. The average Bonchev–Trinajstić information content (AvgIpc) is 2.77. The second-order valence-electron chi connectivity index (χ2n) is 3.27. The molecule has 0 aliphatic carbocycles. The number of nitrogens with zero attached hydrogens (tertiary/aromatic N) is 1. The molecule has 2 N–H and O–H groups in total. The molecule has 18 heavy (non-hydrogen) atoms. The first-order valence-electron chi connectivity index (χ1n) is 4.56. The van der Waals surface area contributed by atoms with Gasteiger partial charge in [-0.15, -0.1) is 0 Å². The van der Waals surface area contributed by atoms with Gasteiger partial charge in [0.1, 0.15) is 5.82 Å². The van der Waals surface area contributed by atoms with Gasteiger partial charge in [0.25, 0.3) is 10.0 Å². The number of sulfonamides is 1. The summed E-state index contributed by atoms with van der Waals surface area (Å²) >= 11 is 2.88. The van der Waals surface area contributed by atoms with Crippen LogP contribution in [0.5, 0.6) is 0 Å². The lowest BCUT2D eigenvalue weighted by molar-refractivity contribution is 0.581. The zero-order chi connectivity index (χ0) is 13.3. The molecule has 1 heterocycles. The molecule has 96 valence electrons. The number of benzene rings is 1. The molecule has 0 bridgehead atoms. The lowest BCUT2D eigenvalue weighted by Crippen LogP contribution is -2.15. The fraction of sp³-hybridized carbons (Fsp3) is 0. The van der Waals surface area contributed by atoms with Gasteiger partial charge < -0.3 is 4.98 Å². The van der Waals surface area contributed by atoms with E-state index in [2.05, 4.69) is 25.9 Å². The summed E-state index contributed by atoms with van der Waals surface area (Å²) in [6.45, 7) is 0. The molecule has 9 heteroatoms. The summed E-state index contributed by atoms with van der Waals surface area (Å²) in [7, 11) is -3.99. The summed E-state index contributed by atoms with van der Waals surface area (Å²) in [5.41, 5.74) is -0.369. The Morgan fingerprint density at radius 3 is 2.61 bits per heavy atom. The standard InChI is InChI=1S/C9H6BrF2N3O2S/c10-6-1-5(11)2-7(12)9(6)15-18(16,17)8-3-13-4-14-8/h1-4,15H,(H,13,14). The molecule has 0 fully saturated rings. The number of anilines is 1.